The number of piperidine rings is 1. The number of rotatable bonds is 1. The minimum absolute atomic E-state index is 0.159. The maximum Gasteiger partial charge on any atom is 0.245 e. The molecule has 5 heteroatoms. The molecule has 0 aliphatic carbocycles. The molecule has 1 aromatic rings. The van der Waals surface area contributed by atoms with E-state index < -0.39 is 6.04 Å². The van der Waals surface area contributed by atoms with Crippen molar-refractivity contribution in [3.05, 3.63) is 22.7 Å². The van der Waals surface area contributed by atoms with E-state index in [0.29, 0.717) is 10.4 Å². The lowest BCUT2D eigenvalue weighted by Gasteiger charge is -2.38. The molecule has 20 heavy (non-hydrogen) atoms. The zero-order valence-electron chi connectivity index (χ0n) is 11.9. The van der Waals surface area contributed by atoms with Crippen molar-refractivity contribution in [2.75, 3.05) is 23.3 Å². The predicted octanol–water partition coefficient (Wildman–Crippen LogP) is 2.92. The van der Waals surface area contributed by atoms with Crippen LogP contribution in [0.25, 0.3) is 0 Å². The van der Waals surface area contributed by atoms with Gasteiger partial charge < -0.3 is 16.0 Å². The second-order valence-corrected chi connectivity index (χ2v) is 6.92. The summed E-state index contributed by atoms with van der Waals surface area (Å²) in [5, 5.41) is 3.50. The summed E-state index contributed by atoms with van der Waals surface area (Å²) in [6, 6.07) is 3.19. The smallest absolute Gasteiger partial charge is 0.245 e. The molecule has 1 unspecified atom stereocenters. The number of carbonyl (C=O) groups excluding carboxylic acids is 1. The van der Waals surface area contributed by atoms with Gasteiger partial charge in [0.25, 0.3) is 0 Å². The van der Waals surface area contributed by atoms with Gasteiger partial charge in [-0.1, -0.05) is 25.4 Å². The maximum atomic E-state index is 11.6. The number of benzene rings is 1. The van der Waals surface area contributed by atoms with E-state index in [1.807, 2.05) is 12.1 Å². The number of nitrogens with zero attached hydrogens (tertiary/aromatic N) is 1. The van der Waals surface area contributed by atoms with Gasteiger partial charge in [-0.05, 0) is 30.4 Å². The number of nitrogens with one attached hydrogen (secondary N) is 1. The molecule has 3 N–H and O–H groups in total. The third-order valence-electron chi connectivity index (χ3n) is 4.45. The Labute approximate surface area is 124 Å². The molecule has 4 nitrogen and oxygen atoms in total. The number of hydrogen-bond donors (Lipinski definition) is 2. The third-order valence-corrected chi connectivity index (χ3v) is 4.75. The minimum Gasteiger partial charge on any atom is -0.370 e. The molecule has 1 fully saturated rings. The molecule has 0 bridgehead atoms. The third kappa shape index (κ3) is 2.27. The van der Waals surface area contributed by atoms with Gasteiger partial charge in [-0.25, -0.2) is 0 Å². The maximum absolute atomic E-state index is 11.6. The number of nitrogens with two attached hydrogens (primary N) is 1. The first-order valence-electron chi connectivity index (χ1n) is 7.02. The average molecular weight is 294 g/mol. The van der Waals surface area contributed by atoms with Gasteiger partial charge in [0.2, 0.25) is 5.91 Å². The molecule has 0 saturated carbocycles. The predicted molar refractivity (Wildman–Crippen MR) is 82.2 cm³/mol. The van der Waals surface area contributed by atoms with Crippen molar-refractivity contribution in [2.45, 2.75) is 32.7 Å². The average Bonchev–Trinajstić information content (AvgIpc) is 2.65. The largest absolute Gasteiger partial charge is 0.370 e. The van der Waals surface area contributed by atoms with Gasteiger partial charge >= 0.3 is 0 Å². The van der Waals surface area contributed by atoms with E-state index in [1.165, 1.54) is 0 Å². The van der Waals surface area contributed by atoms with Crippen molar-refractivity contribution in [1.29, 1.82) is 0 Å². The van der Waals surface area contributed by atoms with Gasteiger partial charge in [-0.15, -0.1) is 0 Å². The Kier molecular flexibility index (Phi) is 3.18. The SMILES string of the molecule is CC1(C)CCN(c2cc3c(cc2Cl)C(N)C(=O)N3)CC1. The molecular formula is C15H20ClN3O. The fourth-order valence-corrected chi connectivity index (χ4v) is 3.18. The Balaban J connectivity index is 1.89. The summed E-state index contributed by atoms with van der Waals surface area (Å²) in [6.07, 6.45) is 2.29. The number of hydrogen-bond acceptors (Lipinski definition) is 3. The summed E-state index contributed by atoms with van der Waals surface area (Å²) in [4.78, 5) is 13.9. The molecule has 3 rings (SSSR count). The van der Waals surface area contributed by atoms with Gasteiger partial charge in [0.05, 0.1) is 10.7 Å². The lowest BCUT2D eigenvalue weighted by molar-refractivity contribution is -0.116. The number of amides is 1. The Hall–Kier alpha value is -1.26. The van der Waals surface area contributed by atoms with Crippen LogP contribution in [0.4, 0.5) is 11.4 Å². The lowest BCUT2D eigenvalue weighted by Crippen LogP contribution is -2.37. The molecule has 1 saturated heterocycles. The summed E-state index contributed by atoms with van der Waals surface area (Å²) in [6.45, 7) is 6.58. The molecule has 0 radical (unpaired) electrons. The highest BCUT2D eigenvalue weighted by atomic mass is 35.5. The molecule has 1 aromatic carbocycles. The molecular weight excluding hydrogens is 274 g/mol. The van der Waals surface area contributed by atoms with Crippen LogP contribution in [-0.4, -0.2) is 19.0 Å². The quantitative estimate of drug-likeness (QED) is 0.837. The van der Waals surface area contributed by atoms with Crippen LogP contribution in [0.3, 0.4) is 0 Å². The van der Waals surface area contributed by atoms with Crippen LogP contribution in [-0.2, 0) is 4.79 Å². The highest BCUT2D eigenvalue weighted by molar-refractivity contribution is 6.33. The van der Waals surface area contributed by atoms with Crippen LogP contribution >= 0.6 is 11.6 Å². The monoisotopic (exact) mass is 293 g/mol. The highest BCUT2D eigenvalue weighted by Gasteiger charge is 2.31. The van der Waals surface area contributed by atoms with E-state index in [9.17, 15) is 4.79 Å². The van der Waals surface area contributed by atoms with E-state index in [1.54, 1.807) is 0 Å². The summed E-state index contributed by atoms with van der Waals surface area (Å²) in [5.74, 6) is -0.159. The Bertz CT molecular complexity index is 560. The van der Waals surface area contributed by atoms with Crippen LogP contribution in [0.15, 0.2) is 12.1 Å². The summed E-state index contributed by atoms with van der Waals surface area (Å²) >= 11 is 6.39. The van der Waals surface area contributed by atoms with Crippen LogP contribution in [0, 0.1) is 5.41 Å². The molecule has 2 aliphatic heterocycles. The molecule has 2 heterocycles. The fourth-order valence-electron chi connectivity index (χ4n) is 2.89. The first-order valence-corrected chi connectivity index (χ1v) is 7.40. The van der Waals surface area contributed by atoms with Crippen molar-refractivity contribution in [3.8, 4) is 0 Å². The molecule has 2 aliphatic rings. The summed E-state index contributed by atoms with van der Waals surface area (Å²) in [5.41, 5.74) is 8.82. The summed E-state index contributed by atoms with van der Waals surface area (Å²) in [7, 11) is 0. The second kappa shape index (κ2) is 4.64. The Morgan fingerprint density at radius 3 is 2.65 bits per heavy atom. The first kappa shape index (κ1) is 13.7. The second-order valence-electron chi connectivity index (χ2n) is 6.51. The van der Waals surface area contributed by atoms with Crippen molar-refractivity contribution in [2.24, 2.45) is 11.1 Å². The van der Waals surface area contributed by atoms with E-state index in [2.05, 4.69) is 24.1 Å². The van der Waals surface area contributed by atoms with E-state index in [0.717, 1.165) is 42.9 Å². The van der Waals surface area contributed by atoms with Gasteiger partial charge in [-0.3, -0.25) is 4.79 Å². The van der Waals surface area contributed by atoms with Gasteiger partial charge in [0, 0.05) is 24.3 Å². The lowest BCUT2D eigenvalue weighted by atomic mass is 9.82. The fraction of sp³-hybridized carbons (Fsp3) is 0.533. The van der Waals surface area contributed by atoms with Gasteiger partial charge in [-0.2, -0.15) is 0 Å². The zero-order valence-corrected chi connectivity index (χ0v) is 12.6. The Morgan fingerprint density at radius 1 is 1.35 bits per heavy atom. The van der Waals surface area contributed by atoms with Crippen LogP contribution in [0.1, 0.15) is 38.3 Å². The standard InChI is InChI=1S/C15H20ClN3O/c1-15(2)3-5-19(6-4-15)12-8-11-9(7-10(12)16)13(17)14(20)18-11/h7-8,13H,3-6,17H2,1-2H3,(H,18,20). The van der Waals surface area contributed by atoms with Crippen LogP contribution in [0.5, 0.6) is 0 Å². The normalized spacial score (nSPS) is 24.5. The zero-order chi connectivity index (χ0) is 14.5. The number of halogens is 1. The van der Waals surface area contributed by atoms with Crippen molar-refractivity contribution in [3.63, 3.8) is 0 Å². The van der Waals surface area contributed by atoms with E-state index in [4.69, 9.17) is 17.3 Å². The van der Waals surface area contributed by atoms with Crippen molar-refractivity contribution < 1.29 is 4.79 Å². The molecule has 108 valence electrons. The molecule has 0 spiro atoms. The topological polar surface area (TPSA) is 58.4 Å². The van der Waals surface area contributed by atoms with Gasteiger partial charge in [0.15, 0.2) is 0 Å². The van der Waals surface area contributed by atoms with Crippen molar-refractivity contribution >= 4 is 28.9 Å². The molecule has 1 amide bonds. The molecule has 0 aromatic heterocycles. The number of carbonyl (C=O) groups is 1. The summed E-state index contributed by atoms with van der Waals surface area (Å²) < 4.78 is 0. The van der Waals surface area contributed by atoms with Crippen LogP contribution < -0.4 is 16.0 Å². The van der Waals surface area contributed by atoms with Gasteiger partial charge in [0.1, 0.15) is 6.04 Å². The minimum atomic E-state index is -0.600. The van der Waals surface area contributed by atoms with E-state index >= 15 is 0 Å². The highest BCUT2D eigenvalue weighted by Crippen LogP contribution is 2.40. The number of fused-ring (bicyclic) bond motifs is 1. The Morgan fingerprint density at radius 2 is 2.00 bits per heavy atom. The first-order chi connectivity index (χ1) is 9.37. The van der Waals surface area contributed by atoms with E-state index in [-0.39, 0.29) is 5.91 Å². The van der Waals surface area contributed by atoms with Crippen LogP contribution in [0.2, 0.25) is 5.02 Å². The number of anilines is 2. The molecule has 1 atom stereocenters. The van der Waals surface area contributed by atoms with Crippen molar-refractivity contribution in [1.82, 2.24) is 0 Å².